The summed E-state index contributed by atoms with van der Waals surface area (Å²) < 4.78 is 1.93. The summed E-state index contributed by atoms with van der Waals surface area (Å²) in [6.45, 7) is 13.4. The van der Waals surface area contributed by atoms with Gasteiger partial charge in [-0.05, 0) is 46.7 Å². The second kappa shape index (κ2) is 10.2. The molecule has 1 fully saturated rings. The lowest BCUT2D eigenvalue weighted by molar-refractivity contribution is 0.267. The minimum atomic E-state index is 0. The Labute approximate surface area is 163 Å². The van der Waals surface area contributed by atoms with Gasteiger partial charge in [0.15, 0.2) is 5.96 Å². The molecule has 1 atom stereocenters. The zero-order valence-corrected chi connectivity index (χ0v) is 18.1. The molecule has 0 radical (unpaired) electrons. The molecule has 0 amide bonds. The highest BCUT2D eigenvalue weighted by Gasteiger charge is 2.22. The molecule has 24 heavy (non-hydrogen) atoms. The average Bonchev–Trinajstić information content (AvgIpc) is 3.08. The van der Waals surface area contributed by atoms with E-state index in [0.717, 1.165) is 31.3 Å². The molecule has 1 saturated heterocycles. The van der Waals surface area contributed by atoms with Crippen molar-refractivity contribution in [3.8, 4) is 0 Å². The zero-order chi connectivity index (χ0) is 16.8. The molecule has 1 aliphatic heterocycles. The van der Waals surface area contributed by atoms with E-state index in [1.165, 1.54) is 30.6 Å². The van der Waals surface area contributed by atoms with E-state index in [1.807, 2.05) is 11.7 Å². The Balaban J connectivity index is 0.00000288. The van der Waals surface area contributed by atoms with Crippen molar-refractivity contribution in [2.24, 2.45) is 12.0 Å². The average molecular weight is 448 g/mol. The molecule has 2 N–H and O–H groups in total. The summed E-state index contributed by atoms with van der Waals surface area (Å²) in [4.78, 5) is 7.30. The number of aromatic nitrogens is 2. The highest BCUT2D eigenvalue weighted by Crippen LogP contribution is 2.16. The van der Waals surface area contributed by atoms with Gasteiger partial charge in [0.1, 0.15) is 0 Å². The molecule has 0 bridgehead atoms. The number of hydrogen-bond acceptors (Lipinski definition) is 3. The summed E-state index contributed by atoms with van der Waals surface area (Å²) in [5, 5.41) is 11.3. The molecule has 1 unspecified atom stereocenters. The first kappa shape index (κ1) is 21.2. The van der Waals surface area contributed by atoms with Crippen molar-refractivity contribution in [2.75, 3.05) is 26.2 Å². The van der Waals surface area contributed by atoms with Crippen molar-refractivity contribution in [1.82, 2.24) is 25.3 Å². The molecule has 0 aliphatic carbocycles. The van der Waals surface area contributed by atoms with Crippen molar-refractivity contribution in [3.05, 3.63) is 17.0 Å². The van der Waals surface area contributed by atoms with Crippen LogP contribution in [0.2, 0.25) is 0 Å². The Hall–Kier alpha value is -0.830. The van der Waals surface area contributed by atoms with Crippen molar-refractivity contribution < 1.29 is 0 Å². The number of aryl methyl sites for hydroxylation is 2. The molecular weight excluding hydrogens is 415 g/mol. The summed E-state index contributed by atoms with van der Waals surface area (Å²) in [5.74, 6) is 0.901. The van der Waals surface area contributed by atoms with E-state index in [-0.39, 0.29) is 24.0 Å². The van der Waals surface area contributed by atoms with Crippen LogP contribution in [0.15, 0.2) is 4.99 Å². The van der Waals surface area contributed by atoms with E-state index in [2.05, 4.69) is 48.3 Å². The number of rotatable bonds is 6. The van der Waals surface area contributed by atoms with Crippen molar-refractivity contribution >= 4 is 29.9 Å². The van der Waals surface area contributed by atoms with Crippen LogP contribution in [0.5, 0.6) is 0 Å². The fourth-order valence-corrected chi connectivity index (χ4v) is 3.30. The minimum Gasteiger partial charge on any atom is -0.357 e. The van der Waals surface area contributed by atoms with Gasteiger partial charge in [-0.25, -0.2) is 4.99 Å². The Bertz CT molecular complexity index is 539. The molecule has 1 aliphatic rings. The summed E-state index contributed by atoms with van der Waals surface area (Å²) in [7, 11) is 1.98. The SMILES string of the molecule is CCNC(=NCc1c(C)nn(C)c1C)NCC1CCCN1CC.I. The van der Waals surface area contributed by atoms with Gasteiger partial charge >= 0.3 is 0 Å². The quantitative estimate of drug-likeness (QED) is 0.398. The third kappa shape index (κ3) is 5.34. The number of nitrogens with zero attached hydrogens (tertiary/aromatic N) is 4. The molecule has 6 nitrogen and oxygen atoms in total. The fourth-order valence-electron chi connectivity index (χ4n) is 3.30. The first-order valence-electron chi connectivity index (χ1n) is 8.82. The van der Waals surface area contributed by atoms with E-state index in [9.17, 15) is 0 Å². The van der Waals surface area contributed by atoms with Gasteiger partial charge in [0.25, 0.3) is 0 Å². The highest BCUT2D eigenvalue weighted by atomic mass is 127. The molecule has 138 valence electrons. The van der Waals surface area contributed by atoms with Crippen molar-refractivity contribution in [3.63, 3.8) is 0 Å². The molecule has 0 saturated carbocycles. The van der Waals surface area contributed by atoms with E-state index in [0.29, 0.717) is 12.6 Å². The Kier molecular flexibility index (Phi) is 9.04. The first-order chi connectivity index (χ1) is 11.1. The van der Waals surface area contributed by atoms with Crippen molar-refractivity contribution in [2.45, 2.75) is 53.1 Å². The number of aliphatic imine (C=N–C) groups is 1. The van der Waals surface area contributed by atoms with E-state index < -0.39 is 0 Å². The topological polar surface area (TPSA) is 57.5 Å². The van der Waals surface area contributed by atoms with Crippen LogP contribution in [0.3, 0.4) is 0 Å². The highest BCUT2D eigenvalue weighted by molar-refractivity contribution is 14.0. The number of hydrogen-bond donors (Lipinski definition) is 2. The van der Waals surface area contributed by atoms with Gasteiger partial charge in [0.05, 0.1) is 12.2 Å². The normalized spacial score (nSPS) is 18.5. The van der Waals surface area contributed by atoms with Crippen molar-refractivity contribution in [1.29, 1.82) is 0 Å². The lowest BCUT2D eigenvalue weighted by atomic mass is 10.2. The van der Waals surface area contributed by atoms with Gasteiger partial charge in [-0.1, -0.05) is 6.92 Å². The summed E-state index contributed by atoms with van der Waals surface area (Å²) in [6.07, 6.45) is 2.59. The third-order valence-electron chi connectivity index (χ3n) is 4.81. The lowest BCUT2D eigenvalue weighted by Gasteiger charge is -2.24. The maximum atomic E-state index is 4.75. The van der Waals surface area contributed by atoms with Gasteiger partial charge in [0, 0.05) is 37.4 Å². The summed E-state index contributed by atoms with van der Waals surface area (Å²) >= 11 is 0. The van der Waals surface area contributed by atoms with Crippen LogP contribution in [0.25, 0.3) is 0 Å². The van der Waals surface area contributed by atoms with Crippen LogP contribution in [-0.2, 0) is 13.6 Å². The van der Waals surface area contributed by atoms with Gasteiger partial charge in [-0.15, -0.1) is 24.0 Å². The van der Waals surface area contributed by atoms with E-state index in [4.69, 9.17) is 4.99 Å². The molecule has 0 spiro atoms. The Morgan fingerprint density at radius 3 is 2.62 bits per heavy atom. The fraction of sp³-hybridized carbons (Fsp3) is 0.765. The Morgan fingerprint density at radius 2 is 2.04 bits per heavy atom. The standard InChI is InChI=1S/C17H32N6.HI/c1-6-18-17(19-11-15-9-8-10-23(15)7-2)20-12-16-13(3)21-22(5)14(16)4;/h15H,6-12H2,1-5H3,(H2,18,19,20);1H. The number of nitrogens with one attached hydrogen (secondary N) is 2. The maximum Gasteiger partial charge on any atom is 0.191 e. The van der Waals surface area contributed by atoms with Gasteiger partial charge in [0.2, 0.25) is 0 Å². The molecule has 0 aromatic carbocycles. The first-order valence-corrected chi connectivity index (χ1v) is 8.82. The predicted octanol–water partition coefficient (Wildman–Crippen LogP) is 2.19. The van der Waals surface area contributed by atoms with Crippen LogP contribution in [0.4, 0.5) is 0 Å². The smallest absolute Gasteiger partial charge is 0.191 e. The largest absolute Gasteiger partial charge is 0.357 e. The summed E-state index contributed by atoms with van der Waals surface area (Å²) in [6, 6.07) is 0.630. The van der Waals surface area contributed by atoms with Crippen LogP contribution in [-0.4, -0.2) is 52.9 Å². The maximum absolute atomic E-state index is 4.75. The van der Waals surface area contributed by atoms with Gasteiger partial charge in [-0.3, -0.25) is 9.58 Å². The molecular formula is C17H33IN6. The third-order valence-corrected chi connectivity index (χ3v) is 4.81. The molecule has 1 aromatic heterocycles. The number of guanidine groups is 1. The molecule has 2 heterocycles. The van der Waals surface area contributed by atoms with E-state index in [1.54, 1.807) is 0 Å². The number of likely N-dealkylation sites (tertiary alicyclic amines) is 1. The second-order valence-electron chi connectivity index (χ2n) is 6.27. The second-order valence-corrected chi connectivity index (χ2v) is 6.27. The molecule has 2 rings (SSSR count). The number of likely N-dealkylation sites (N-methyl/N-ethyl adjacent to an activating group) is 1. The Morgan fingerprint density at radius 1 is 1.29 bits per heavy atom. The van der Waals surface area contributed by atoms with Crippen LogP contribution < -0.4 is 10.6 Å². The van der Waals surface area contributed by atoms with Gasteiger partial charge < -0.3 is 10.6 Å². The van der Waals surface area contributed by atoms with Gasteiger partial charge in [-0.2, -0.15) is 5.10 Å². The van der Waals surface area contributed by atoms with Crippen LogP contribution in [0, 0.1) is 13.8 Å². The molecule has 7 heteroatoms. The lowest BCUT2D eigenvalue weighted by Crippen LogP contribution is -2.44. The summed E-state index contributed by atoms with van der Waals surface area (Å²) in [5.41, 5.74) is 3.48. The minimum absolute atomic E-state index is 0. The number of halogens is 1. The monoisotopic (exact) mass is 448 g/mol. The van der Waals surface area contributed by atoms with Crippen LogP contribution in [0.1, 0.15) is 43.6 Å². The zero-order valence-electron chi connectivity index (χ0n) is 15.7. The predicted molar refractivity (Wildman–Crippen MR) is 111 cm³/mol. The van der Waals surface area contributed by atoms with Crippen LogP contribution >= 0.6 is 24.0 Å². The van der Waals surface area contributed by atoms with E-state index >= 15 is 0 Å². The molecule has 1 aromatic rings.